The first kappa shape index (κ1) is 23.7. The summed E-state index contributed by atoms with van der Waals surface area (Å²) in [6, 6.07) is 16.6. The molecule has 0 spiro atoms. The van der Waals surface area contributed by atoms with Crippen LogP contribution in [0.2, 0.25) is 0 Å². The quantitative estimate of drug-likeness (QED) is 0.580. The average Bonchev–Trinajstić information content (AvgIpc) is 2.75. The summed E-state index contributed by atoms with van der Waals surface area (Å²) in [5.41, 5.74) is 3.63. The first-order chi connectivity index (χ1) is 14.3. The molecule has 1 amide bonds. The van der Waals surface area contributed by atoms with Gasteiger partial charge in [-0.05, 0) is 53.4 Å². The Morgan fingerprint density at radius 1 is 1.03 bits per heavy atom. The third kappa shape index (κ3) is 6.74. The van der Waals surface area contributed by atoms with E-state index in [4.69, 9.17) is 4.74 Å². The van der Waals surface area contributed by atoms with Gasteiger partial charge in [0.1, 0.15) is 5.75 Å². The number of amides is 1. The van der Waals surface area contributed by atoms with Crippen LogP contribution in [0.25, 0.3) is 6.08 Å². The van der Waals surface area contributed by atoms with E-state index in [1.165, 1.54) is 11.1 Å². The Balaban J connectivity index is 2.07. The highest BCUT2D eigenvalue weighted by Gasteiger charge is 2.20. The van der Waals surface area contributed by atoms with E-state index >= 15 is 0 Å². The fourth-order valence-corrected chi connectivity index (χ4v) is 3.47. The molecule has 0 aliphatic carbocycles. The number of benzene rings is 2. The normalized spacial score (nSPS) is 12.9. The molecule has 4 nitrogen and oxygen atoms in total. The Labute approximate surface area is 181 Å². The van der Waals surface area contributed by atoms with E-state index in [9.17, 15) is 4.79 Å². The lowest BCUT2D eigenvalue weighted by atomic mass is 9.86. The van der Waals surface area contributed by atoms with Crippen LogP contribution in [0.1, 0.15) is 57.4 Å². The molecule has 0 saturated heterocycles. The lowest BCUT2D eigenvalue weighted by Crippen LogP contribution is -2.37. The zero-order valence-corrected chi connectivity index (χ0v) is 19.2. The monoisotopic (exact) mass is 408 g/mol. The number of hydrogen-bond acceptors (Lipinski definition) is 3. The predicted octanol–water partition coefficient (Wildman–Crippen LogP) is 5.21. The minimum atomic E-state index is -0.0886. The topological polar surface area (TPSA) is 41.6 Å². The van der Waals surface area contributed by atoms with Crippen LogP contribution in [0.5, 0.6) is 5.75 Å². The van der Waals surface area contributed by atoms with Crippen LogP contribution in [0.4, 0.5) is 0 Å². The first-order valence-corrected chi connectivity index (χ1v) is 10.7. The number of methoxy groups -OCH3 is 1. The van der Waals surface area contributed by atoms with E-state index in [-0.39, 0.29) is 17.4 Å². The molecule has 2 aromatic rings. The van der Waals surface area contributed by atoms with Crippen LogP contribution in [-0.4, -0.2) is 37.6 Å². The lowest BCUT2D eigenvalue weighted by Gasteiger charge is -2.30. The summed E-state index contributed by atoms with van der Waals surface area (Å²) in [6.45, 7) is 13.4. The maximum Gasteiger partial charge on any atom is 0.244 e. The molecule has 0 bridgehead atoms. The van der Waals surface area contributed by atoms with E-state index in [1.807, 2.05) is 30.3 Å². The fraction of sp³-hybridized carbons (Fsp3) is 0.423. The molecule has 4 heteroatoms. The van der Waals surface area contributed by atoms with E-state index in [1.54, 1.807) is 13.2 Å². The number of carbonyl (C=O) groups excluding carboxylic acids is 1. The van der Waals surface area contributed by atoms with E-state index < -0.39 is 0 Å². The van der Waals surface area contributed by atoms with Gasteiger partial charge >= 0.3 is 0 Å². The summed E-state index contributed by atoms with van der Waals surface area (Å²) in [7, 11) is 1.64. The summed E-state index contributed by atoms with van der Waals surface area (Å²) >= 11 is 0. The summed E-state index contributed by atoms with van der Waals surface area (Å²) in [5.74, 6) is 0.713. The molecule has 0 aromatic heterocycles. The highest BCUT2D eigenvalue weighted by molar-refractivity contribution is 5.91. The van der Waals surface area contributed by atoms with Crippen LogP contribution < -0.4 is 10.1 Å². The zero-order valence-electron chi connectivity index (χ0n) is 19.2. The van der Waals surface area contributed by atoms with Crippen molar-refractivity contribution in [2.75, 3.05) is 26.7 Å². The van der Waals surface area contributed by atoms with Crippen molar-refractivity contribution in [3.05, 3.63) is 71.3 Å². The second-order valence-electron chi connectivity index (χ2n) is 8.46. The molecular formula is C26H36N2O2. The highest BCUT2D eigenvalue weighted by Crippen LogP contribution is 2.26. The molecule has 0 saturated carbocycles. The molecule has 0 radical (unpaired) electrons. The maximum absolute atomic E-state index is 12.4. The van der Waals surface area contributed by atoms with E-state index in [0.717, 1.165) is 24.4 Å². The van der Waals surface area contributed by atoms with Gasteiger partial charge in [0.05, 0.1) is 13.2 Å². The van der Waals surface area contributed by atoms with Crippen molar-refractivity contribution < 1.29 is 9.53 Å². The number of rotatable bonds is 9. The highest BCUT2D eigenvalue weighted by atomic mass is 16.5. The van der Waals surface area contributed by atoms with Crippen molar-refractivity contribution in [2.45, 2.75) is 46.1 Å². The molecule has 30 heavy (non-hydrogen) atoms. The molecule has 0 heterocycles. The maximum atomic E-state index is 12.4. The van der Waals surface area contributed by atoms with Gasteiger partial charge in [-0.15, -0.1) is 0 Å². The molecule has 2 aromatic carbocycles. The van der Waals surface area contributed by atoms with Crippen LogP contribution in [0, 0.1) is 0 Å². The fourth-order valence-electron chi connectivity index (χ4n) is 3.47. The van der Waals surface area contributed by atoms with Gasteiger partial charge in [-0.25, -0.2) is 0 Å². The molecular weight excluding hydrogens is 372 g/mol. The number of hydrogen-bond donors (Lipinski definition) is 1. The number of ether oxygens (including phenoxy) is 1. The van der Waals surface area contributed by atoms with Gasteiger partial charge < -0.3 is 10.1 Å². The minimum Gasteiger partial charge on any atom is -0.497 e. The van der Waals surface area contributed by atoms with Gasteiger partial charge in [-0.3, -0.25) is 9.69 Å². The van der Waals surface area contributed by atoms with Gasteiger partial charge in [0.2, 0.25) is 5.91 Å². The second kappa shape index (κ2) is 11.0. The summed E-state index contributed by atoms with van der Waals surface area (Å²) in [6.07, 6.45) is 3.41. The molecule has 2 rings (SSSR count). The zero-order chi connectivity index (χ0) is 22.1. The summed E-state index contributed by atoms with van der Waals surface area (Å²) in [4.78, 5) is 14.8. The molecule has 1 N–H and O–H groups in total. The van der Waals surface area contributed by atoms with Crippen molar-refractivity contribution in [1.29, 1.82) is 0 Å². The molecule has 162 valence electrons. The molecule has 0 aliphatic rings. The molecule has 0 aliphatic heterocycles. The Hall–Kier alpha value is -2.59. The number of likely N-dealkylation sites (N-methyl/N-ethyl adjacent to an activating group) is 1. The third-order valence-corrected chi connectivity index (χ3v) is 5.43. The van der Waals surface area contributed by atoms with Crippen LogP contribution in [0.3, 0.4) is 0 Å². The number of nitrogens with zero attached hydrogens (tertiary/aromatic N) is 1. The van der Waals surface area contributed by atoms with Gasteiger partial charge in [0.25, 0.3) is 0 Å². The van der Waals surface area contributed by atoms with Crippen molar-refractivity contribution in [3.8, 4) is 5.75 Å². The number of carbonyl (C=O) groups is 1. The van der Waals surface area contributed by atoms with Crippen LogP contribution >= 0.6 is 0 Å². The SMILES string of the molecule is CCN(CC)C(CNC(=O)/C=C/c1ccc(OC)cc1)c1ccc(C(C)(C)C)cc1. The first-order valence-electron chi connectivity index (χ1n) is 10.7. The van der Waals surface area contributed by atoms with Gasteiger partial charge in [-0.1, -0.05) is 71.0 Å². The summed E-state index contributed by atoms with van der Waals surface area (Å²) in [5, 5.41) is 3.08. The van der Waals surface area contributed by atoms with Crippen molar-refractivity contribution in [3.63, 3.8) is 0 Å². The molecule has 0 fully saturated rings. The predicted molar refractivity (Wildman–Crippen MR) is 126 cm³/mol. The second-order valence-corrected chi connectivity index (χ2v) is 8.46. The Morgan fingerprint density at radius 2 is 1.63 bits per heavy atom. The average molecular weight is 409 g/mol. The minimum absolute atomic E-state index is 0.0886. The van der Waals surface area contributed by atoms with Crippen LogP contribution in [-0.2, 0) is 10.2 Å². The largest absolute Gasteiger partial charge is 0.497 e. The Morgan fingerprint density at radius 3 is 2.13 bits per heavy atom. The lowest BCUT2D eigenvalue weighted by molar-refractivity contribution is -0.116. The van der Waals surface area contributed by atoms with Crippen molar-refractivity contribution in [2.24, 2.45) is 0 Å². The van der Waals surface area contributed by atoms with Gasteiger partial charge in [-0.2, -0.15) is 0 Å². The number of nitrogens with one attached hydrogen (secondary N) is 1. The third-order valence-electron chi connectivity index (χ3n) is 5.43. The van der Waals surface area contributed by atoms with Gasteiger partial charge in [0.15, 0.2) is 0 Å². The van der Waals surface area contributed by atoms with Crippen molar-refractivity contribution in [1.82, 2.24) is 10.2 Å². The Kier molecular flexibility index (Phi) is 8.67. The van der Waals surface area contributed by atoms with Crippen molar-refractivity contribution >= 4 is 12.0 Å². The van der Waals surface area contributed by atoms with E-state index in [2.05, 4.69) is 69.1 Å². The molecule has 1 atom stereocenters. The van der Waals surface area contributed by atoms with Crippen LogP contribution in [0.15, 0.2) is 54.6 Å². The van der Waals surface area contributed by atoms with Gasteiger partial charge in [0, 0.05) is 12.6 Å². The van der Waals surface area contributed by atoms with E-state index in [0.29, 0.717) is 6.54 Å². The standard InChI is InChI=1S/C26H36N2O2/c1-7-28(8-2)24(21-12-14-22(15-13-21)26(3,4)5)19-27-25(29)18-11-20-9-16-23(30-6)17-10-20/h9-18,24H,7-8,19H2,1-6H3,(H,27,29)/b18-11+. The summed E-state index contributed by atoms with van der Waals surface area (Å²) < 4.78 is 5.16. The smallest absolute Gasteiger partial charge is 0.244 e. The molecule has 1 unspecified atom stereocenters. The Bertz CT molecular complexity index is 814.